The van der Waals surface area contributed by atoms with Gasteiger partial charge >= 0.3 is 0 Å². The highest BCUT2D eigenvalue weighted by Gasteiger charge is 2.33. The second-order valence-corrected chi connectivity index (χ2v) is 5.84. The second-order valence-electron chi connectivity index (χ2n) is 4.84. The Morgan fingerprint density at radius 1 is 1.61 bits per heavy atom. The van der Waals surface area contributed by atoms with Crippen LogP contribution in [0.5, 0.6) is 0 Å². The number of nitrogens with zero attached hydrogens (tertiary/aromatic N) is 1. The Morgan fingerprint density at radius 3 is 3.28 bits per heavy atom. The van der Waals surface area contributed by atoms with Crippen molar-refractivity contribution in [2.75, 3.05) is 26.3 Å². The summed E-state index contributed by atoms with van der Waals surface area (Å²) in [6, 6.07) is 2.17. The summed E-state index contributed by atoms with van der Waals surface area (Å²) in [5.41, 5.74) is 1.32. The lowest BCUT2D eigenvalue weighted by molar-refractivity contribution is -0.139. The highest BCUT2D eigenvalue weighted by Crippen LogP contribution is 2.33. The van der Waals surface area contributed by atoms with E-state index >= 15 is 0 Å². The molecule has 5 heteroatoms. The molecule has 0 spiro atoms. The summed E-state index contributed by atoms with van der Waals surface area (Å²) in [7, 11) is 0. The summed E-state index contributed by atoms with van der Waals surface area (Å²) in [5, 5.41) is 5.36. The Morgan fingerprint density at radius 2 is 2.50 bits per heavy atom. The third-order valence-electron chi connectivity index (χ3n) is 3.78. The number of fused-ring (bicyclic) bond motifs is 1. The summed E-state index contributed by atoms with van der Waals surface area (Å²) in [6.07, 6.45) is 0.983. The van der Waals surface area contributed by atoms with Gasteiger partial charge in [0.25, 0.3) is 0 Å². The lowest BCUT2D eigenvalue weighted by Gasteiger charge is -2.37. The first-order chi connectivity index (χ1) is 8.77. The summed E-state index contributed by atoms with van der Waals surface area (Å²) in [6.45, 7) is 4.91. The van der Waals surface area contributed by atoms with Gasteiger partial charge in [-0.15, -0.1) is 11.3 Å². The summed E-state index contributed by atoms with van der Waals surface area (Å²) < 4.78 is 5.38. The van der Waals surface area contributed by atoms with Crippen LogP contribution in [0.25, 0.3) is 0 Å². The first-order valence-corrected chi connectivity index (χ1v) is 7.33. The van der Waals surface area contributed by atoms with E-state index in [1.807, 2.05) is 4.90 Å². The van der Waals surface area contributed by atoms with Crippen molar-refractivity contribution in [1.82, 2.24) is 10.2 Å². The van der Waals surface area contributed by atoms with Crippen LogP contribution in [0.4, 0.5) is 0 Å². The molecule has 0 aliphatic carbocycles. The molecule has 1 saturated heterocycles. The molecule has 4 nitrogen and oxygen atoms in total. The minimum absolute atomic E-state index is 0.165. The van der Waals surface area contributed by atoms with Gasteiger partial charge < -0.3 is 15.0 Å². The van der Waals surface area contributed by atoms with E-state index < -0.39 is 0 Å². The predicted octanol–water partition coefficient (Wildman–Crippen LogP) is 1.18. The summed E-state index contributed by atoms with van der Waals surface area (Å²) in [4.78, 5) is 15.9. The molecule has 2 aliphatic heterocycles. The molecule has 0 radical (unpaired) electrons. The average molecular weight is 266 g/mol. The van der Waals surface area contributed by atoms with Crippen molar-refractivity contribution in [2.24, 2.45) is 0 Å². The van der Waals surface area contributed by atoms with Crippen LogP contribution in [0.15, 0.2) is 11.4 Å². The lowest BCUT2D eigenvalue weighted by Crippen LogP contribution is -2.54. The number of thiophene rings is 1. The zero-order valence-electron chi connectivity index (χ0n) is 10.5. The zero-order chi connectivity index (χ0) is 12.5. The number of hydrogen-bond acceptors (Lipinski definition) is 4. The first kappa shape index (κ1) is 12.1. The Balaban J connectivity index is 1.75. The van der Waals surface area contributed by atoms with E-state index in [2.05, 4.69) is 23.7 Å². The van der Waals surface area contributed by atoms with E-state index in [1.54, 1.807) is 11.3 Å². The number of carbonyl (C=O) groups excluding carboxylic acids is 1. The predicted molar refractivity (Wildman–Crippen MR) is 70.8 cm³/mol. The Bertz CT molecular complexity index is 440. The minimum atomic E-state index is -0.165. The molecular formula is C13H18N2O2S. The quantitative estimate of drug-likeness (QED) is 0.830. The topological polar surface area (TPSA) is 41.6 Å². The third-order valence-corrected chi connectivity index (χ3v) is 4.78. The number of morpholine rings is 1. The lowest BCUT2D eigenvalue weighted by atomic mass is 10.0. The highest BCUT2D eigenvalue weighted by molar-refractivity contribution is 7.10. The first-order valence-electron chi connectivity index (χ1n) is 6.45. The van der Waals surface area contributed by atoms with Gasteiger partial charge in [0.1, 0.15) is 6.04 Å². The fourth-order valence-corrected chi connectivity index (χ4v) is 3.70. The van der Waals surface area contributed by atoms with Gasteiger partial charge in [-0.2, -0.15) is 0 Å². The minimum Gasteiger partial charge on any atom is -0.378 e. The Kier molecular flexibility index (Phi) is 3.37. The van der Waals surface area contributed by atoms with Crippen molar-refractivity contribution in [2.45, 2.75) is 25.4 Å². The van der Waals surface area contributed by atoms with E-state index in [-0.39, 0.29) is 18.0 Å². The zero-order valence-corrected chi connectivity index (χ0v) is 11.3. The van der Waals surface area contributed by atoms with E-state index in [4.69, 9.17) is 4.74 Å². The monoisotopic (exact) mass is 266 g/mol. The maximum Gasteiger partial charge on any atom is 0.242 e. The number of amides is 1. The van der Waals surface area contributed by atoms with Gasteiger partial charge in [0.2, 0.25) is 5.91 Å². The van der Waals surface area contributed by atoms with E-state index in [0.717, 1.165) is 19.5 Å². The standard InChI is InChI=1S/C13H18N2O2S/c1-9-10-3-7-18-12(10)2-5-15(9)13(16)11-8-17-6-4-14-11/h3,7,9,11,14H,2,4-6,8H2,1H3. The number of nitrogens with one attached hydrogen (secondary N) is 1. The molecule has 2 atom stereocenters. The van der Waals surface area contributed by atoms with Crippen LogP contribution in [0.3, 0.4) is 0 Å². The van der Waals surface area contributed by atoms with Crippen LogP contribution in [0.1, 0.15) is 23.4 Å². The SMILES string of the molecule is CC1c2ccsc2CCN1C(=O)C1COCCN1. The van der Waals surface area contributed by atoms with Crippen LogP contribution >= 0.6 is 11.3 Å². The van der Waals surface area contributed by atoms with Gasteiger partial charge in [0, 0.05) is 18.0 Å². The van der Waals surface area contributed by atoms with Gasteiger partial charge in [0.15, 0.2) is 0 Å². The maximum absolute atomic E-state index is 12.5. The van der Waals surface area contributed by atoms with Gasteiger partial charge in [-0.25, -0.2) is 0 Å². The van der Waals surface area contributed by atoms with Crippen LogP contribution in [-0.2, 0) is 16.0 Å². The van der Waals surface area contributed by atoms with E-state index in [1.165, 1.54) is 10.4 Å². The molecule has 1 amide bonds. The van der Waals surface area contributed by atoms with E-state index in [9.17, 15) is 4.79 Å². The van der Waals surface area contributed by atoms with Crippen molar-refractivity contribution < 1.29 is 9.53 Å². The van der Waals surface area contributed by atoms with Crippen LogP contribution < -0.4 is 5.32 Å². The van der Waals surface area contributed by atoms with Crippen molar-refractivity contribution in [3.8, 4) is 0 Å². The van der Waals surface area contributed by atoms with Crippen molar-refractivity contribution in [3.63, 3.8) is 0 Å². The smallest absolute Gasteiger partial charge is 0.242 e. The molecule has 98 valence electrons. The van der Waals surface area contributed by atoms with Crippen molar-refractivity contribution in [3.05, 3.63) is 21.9 Å². The molecule has 3 rings (SSSR count). The normalized spacial score (nSPS) is 27.9. The summed E-state index contributed by atoms with van der Waals surface area (Å²) in [5.74, 6) is 0.180. The van der Waals surface area contributed by atoms with Crippen LogP contribution in [-0.4, -0.2) is 43.2 Å². The molecule has 1 N–H and O–H groups in total. The molecule has 1 aromatic rings. The number of rotatable bonds is 1. The largest absolute Gasteiger partial charge is 0.378 e. The number of ether oxygens (including phenoxy) is 1. The van der Waals surface area contributed by atoms with Gasteiger partial charge in [0.05, 0.1) is 19.3 Å². The maximum atomic E-state index is 12.5. The van der Waals surface area contributed by atoms with Crippen molar-refractivity contribution in [1.29, 1.82) is 0 Å². The molecule has 18 heavy (non-hydrogen) atoms. The fourth-order valence-electron chi connectivity index (χ4n) is 2.73. The molecule has 3 heterocycles. The third kappa shape index (κ3) is 2.06. The van der Waals surface area contributed by atoms with Gasteiger partial charge in [-0.3, -0.25) is 4.79 Å². The summed E-state index contributed by atoms with van der Waals surface area (Å²) >= 11 is 1.80. The molecular weight excluding hydrogens is 248 g/mol. The Hall–Kier alpha value is -0.910. The molecule has 1 aromatic heterocycles. The Labute approximate surface area is 111 Å². The number of hydrogen-bond donors (Lipinski definition) is 1. The molecule has 0 aromatic carbocycles. The molecule has 2 aliphatic rings. The number of carbonyl (C=O) groups is 1. The van der Waals surface area contributed by atoms with Crippen LogP contribution in [0.2, 0.25) is 0 Å². The van der Waals surface area contributed by atoms with E-state index in [0.29, 0.717) is 13.2 Å². The van der Waals surface area contributed by atoms with Crippen LogP contribution in [0, 0.1) is 0 Å². The molecule has 0 bridgehead atoms. The highest BCUT2D eigenvalue weighted by atomic mass is 32.1. The molecule has 2 unspecified atom stereocenters. The van der Waals surface area contributed by atoms with Gasteiger partial charge in [-0.05, 0) is 30.4 Å². The molecule has 0 saturated carbocycles. The van der Waals surface area contributed by atoms with Crippen molar-refractivity contribution >= 4 is 17.2 Å². The molecule has 1 fully saturated rings. The fraction of sp³-hybridized carbons (Fsp3) is 0.615. The van der Waals surface area contributed by atoms with Gasteiger partial charge in [-0.1, -0.05) is 0 Å². The average Bonchev–Trinajstić information content (AvgIpc) is 2.89. The second kappa shape index (κ2) is 4.99.